The standard InChI is InChI=1S/C21H16ClNO3/c22-19-3-1-2-4-20(19)25-15-21(24)26-18-9-7-16(8-10-18)5-6-17-11-13-23-14-12-17/h1-14H,15H2/b6-5+. The van der Waals surface area contributed by atoms with Crippen LogP contribution in [0.5, 0.6) is 11.5 Å². The van der Waals surface area contributed by atoms with Crippen molar-refractivity contribution in [2.75, 3.05) is 6.61 Å². The van der Waals surface area contributed by atoms with Gasteiger partial charge in [0.25, 0.3) is 0 Å². The van der Waals surface area contributed by atoms with Crippen molar-refractivity contribution >= 4 is 29.7 Å². The van der Waals surface area contributed by atoms with Crippen LogP contribution in [0.2, 0.25) is 5.02 Å². The molecule has 0 aliphatic carbocycles. The number of esters is 1. The molecule has 0 radical (unpaired) electrons. The van der Waals surface area contributed by atoms with Crippen LogP contribution in [-0.2, 0) is 4.79 Å². The minimum absolute atomic E-state index is 0.215. The highest BCUT2D eigenvalue weighted by molar-refractivity contribution is 6.32. The molecule has 0 fully saturated rings. The molecule has 1 aromatic heterocycles. The lowest BCUT2D eigenvalue weighted by Crippen LogP contribution is -2.17. The molecule has 1 heterocycles. The first kappa shape index (κ1) is 17.7. The molecule has 0 aliphatic heterocycles. The maximum absolute atomic E-state index is 11.9. The van der Waals surface area contributed by atoms with Gasteiger partial charge in [-0.1, -0.05) is 48.0 Å². The van der Waals surface area contributed by atoms with Crippen LogP contribution in [-0.4, -0.2) is 17.6 Å². The molecule has 0 bridgehead atoms. The number of ether oxygens (including phenoxy) is 2. The number of rotatable bonds is 6. The van der Waals surface area contributed by atoms with Gasteiger partial charge in [-0.05, 0) is 47.5 Å². The molecular weight excluding hydrogens is 350 g/mol. The third-order valence-corrected chi connectivity index (χ3v) is 3.78. The third kappa shape index (κ3) is 5.19. The number of carbonyl (C=O) groups is 1. The van der Waals surface area contributed by atoms with Crippen LogP contribution in [0.4, 0.5) is 0 Å². The largest absolute Gasteiger partial charge is 0.480 e. The van der Waals surface area contributed by atoms with Crippen LogP contribution >= 0.6 is 11.6 Å². The lowest BCUT2D eigenvalue weighted by molar-refractivity contribution is -0.136. The summed E-state index contributed by atoms with van der Waals surface area (Å²) in [6.45, 7) is -0.215. The molecule has 0 saturated heterocycles. The van der Waals surface area contributed by atoms with Crippen molar-refractivity contribution in [3.05, 3.63) is 89.2 Å². The zero-order chi connectivity index (χ0) is 18.2. The van der Waals surface area contributed by atoms with E-state index in [2.05, 4.69) is 4.98 Å². The summed E-state index contributed by atoms with van der Waals surface area (Å²) in [5, 5.41) is 0.450. The molecule has 3 rings (SSSR count). The number of halogens is 1. The summed E-state index contributed by atoms with van der Waals surface area (Å²) in [5.74, 6) is 0.409. The van der Waals surface area contributed by atoms with Crippen LogP contribution in [0.3, 0.4) is 0 Å². The molecule has 0 amide bonds. The van der Waals surface area contributed by atoms with Gasteiger partial charge in [0.05, 0.1) is 5.02 Å². The number of nitrogens with zero attached hydrogens (tertiary/aromatic N) is 1. The van der Waals surface area contributed by atoms with Gasteiger partial charge in [0.15, 0.2) is 6.61 Å². The van der Waals surface area contributed by atoms with E-state index < -0.39 is 5.97 Å². The summed E-state index contributed by atoms with van der Waals surface area (Å²) >= 11 is 5.97. The number of hydrogen-bond acceptors (Lipinski definition) is 4. The highest BCUT2D eigenvalue weighted by Crippen LogP contribution is 2.23. The molecule has 0 atom stereocenters. The SMILES string of the molecule is O=C(COc1ccccc1Cl)Oc1ccc(/C=C/c2ccncc2)cc1. The van der Waals surface area contributed by atoms with Crippen LogP contribution in [0, 0.1) is 0 Å². The first-order chi connectivity index (χ1) is 12.7. The molecule has 4 nitrogen and oxygen atoms in total. The van der Waals surface area contributed by atoms with Crippen LogP contribution < -0.4 is 9.47 Å². The second kappa shape index (κ2) is 8.83. The van der Waals surface area contributed by atoms with Gasteiger partial charge in [-0.25, -0.2) is 4.79 Å². The molecule has 2 aromatic carbocycles. The Balaban J connectivity index is 1.53. The first-order valence-electron chi connectivity index (χ1n) is 7.97. The fraction of sp³-hybridized carbons (Fsp3) is 0.0476. The van der Waals surface area contributed by atoms with Gasteiger partial charge in [-0.2, -0.15) is 0 Å². The minimum Gasteiger partial charge on any atom is -0.480 e. The van der Waals surface area contributed by atoms with Crippen molar-refractivity contribution in [2.45, 2.75) is 0 Å². The zero-order valence-electron chi connectivity index (χ0n) is 13.8. The van der Waals surface area contributed by atoms with Gasteiger partial charge in [0.2, 0.25) is 0 Å². The van der Waals surface area contributed by atoms with Gasteiger partial charge < -0.3 is 9.47 Å². The van der Waals surface area contributed by atoms with Crippen molar-refractivity contribution in [3.63, 3.8) is 0 Å². The molecule has 0 spiro atoms. The Morgan fingerprint density at radius 3 is 2.27 bits per heavy atom. The van der Waals surface area contributed by atoms with Crippen molar-refractivity contribution in [1.82, 2.24) is 4.98 Å². The van der Waals surface area contributed by atoms with E-state index in [1.54, 1.807) is 48.8 Å². The van der Waals surface area contributed by atoms with E-state index in [0.29, 0.717) is 16.5 Å². The van der Waals surface area contributed by atoms with Gasteiger partial charge in [0, 0.05) is 12.4 Å². The van der Waals surface area contributed by atoms with Gasteiger partial charge >= 0.3 is 5.97 Å². The molecule has 3 aromatic rings. The summed E-state index contributed by atoms with van der Waals surface area (Å²) in [7, 11) is 0. The molecular formula is C21H16ClNO3. The fourth-order valence-corrected chi connectivity index (χ4v) is 2.36. The maximum Gasteiger partial charge on any atom is 0.349 e. The Labute approximate surface area is 156 Å². The van der Waals surface area contributed by atoms with E-state index in [1.165, 1.54) is 0 Å². The molecule has 0 aliphatic rings. The van der Waals surface area contributed by atoms with E-state index in [-0.39, 0.29) is 6.61 Å². The Morgan fingerprint density at radius 1 is 0.923 bits per heavy atom. The van der Waals surface area contributed by atoms with Crippen molar-refractivity contribution in [1.29, 1.82) is 0 Å². The Kier molecular flexibility index (Phi) is 6.01. The second-order valence-electron chi connectivity index (χ2n) is 5.38. The van der Waals surface area contributed by atoms with Crippen molar-refractivity contribution in [3.8, 4) is 11.5 Å². The average molecular weight is 366 g/mol. The quantitative estimate of drug-likeness (QED) is 0.461. The molecule has 0 unspecified atom stereocenters. The summed E-state index contributed by atoms with van der Waals surface area (Å²) < 4.78 is 10.6. The number of hydrogen-bond donors (Lipinski definition) is 0. The van der Waals surface area contributed by atoms with E-state index in [4.69, 9.17) is 21.1 Å². The summed E-state index contributed by atoms with van der Waals surface area (Å²) in [4.78, 5) is 15.9. The molecule has 0 saturated carbocycles. The van der Waals surface area contributed by atoms with Crippen molar-refractivity contribution < 1.29 is 14.3 Å². The van der Waals surface area contributed by atoms with Gasteiger partial charge in [-0.3, -0.25) is 4.98 Å². The zero-order valence-corrected chi connectivity index (χ0v) is 14.6. The lowest BCUT2D eigenvalue weighted by Gasteiger charge is -2.08. The monoisotopic (exact) mass is 365 g/mol. The third-order valence-electron chi connectivity index (χ3n) is 3.47. The predicted octanol–water partition coefficient (Wildman–Crippen LogP) is 4.89. The number of aromatic nitrogens is 1. The topological polar surface area (TPSA) is 48.4 Å². The highest BCUT2D eigenvalue weighted by Gasteiger charge is 2.07. The Bertz CT molecular complexity index is 893. The lowest BCUT2D eigenvalue weighted by atomic mass is 10.1. The molecule has 26 heavy (non-hydrogen) atoms. The van der Waals surface area contributed by atoms with E-state index in [1.807, 2.05) is 36.4 Å². The smallest absolute Gasteiger partial charge is 0.349 e. The van der Waals surface area contributed by atoms with Crippen molar-refractivity contribution in [2.24, 2.45) is 0 Å². The summed E-state index contributed by atoms with van der Waals surface area (Å²) in [6.07, 6.45) is 7.45. The normalized spacial score (nSPS) is 10.7. The number of pyridine rings is 1. The minimum atomic E-state index is -0.495. The Hall–Kier alpha value is -3.11. The predicted molar refractivity (Wildman–Crippen MR) is 102 cm³/mol. The molecule has 130 valence electrons. The first-order valence-corrected chi connectivity index (χ1v) is 8.35. The number of para-hydroxylation sites is 1. The molecule has 5 heteroatoms. The van der Waals surface area contributed by atoms with Crippen LogP contribution in [0.15, 0.2) is 73.1 Å². The summed E-state index contributed by atoms with van der Waals surface area (Å²) in [6, 6.07) is 18.0. The average Bonchev–Trinajstić information content (AvgIpc) is 2.68. The van der Waals surface area contributed by atoms with Crippen LogP contribution in [0.25, 0.3) is 12.2 Å². The van der Waals surface area contributed by atoms with E-state index in [0.717, 1.165) is 11.1 Å². The maximum atomic E-state index is 11.9. The number of benzene rings is 2. The molecule has 0 N–H and O–H groups in total. The van der Waals surface area contributed by atoms with Gasteiger partial charge in [-0.15, -0.1) is 0 Å². The van der Waals surface area contributed by atoms with Gasteiger partial charge in [0.1, 0.15) is 11.5 Å². The van der Waals surface area contributed by atoms with E-state index in [9.17, 15) is 4.79 Å². The van der Waals surface area contributed by atoms with E-state index >= 15 is 0 Å². The highest BCUT2D eigenvalue weighted by atomic mass is 35.5. The van der Waals surface area contributed by atoms with Crippen LogP contribution in [0.1, 0.15) is 11.1 Å². The summed E-state index contributed by atoms with van der Waals surface area (Å²) in [5.41, 5.74) is 2.06. The second-order valence-corrected chi connectivity index (χ2v) is 5.78. The Morgan fingerprint density at radius 2 is 1.58 bits per heavy atom. The number of carbonyl (C=O) groups excluding carboxylic acids is 1. The fourth-order valence-electron chi connectivity index (χ4n) is 2.17.